The van der Waals surface area contributed by atoms with Crippen molar-refractivity contribution in [1.29, 1.82) is 0 Å². The minimum absolute atomic E-state index is 0.152. The number of hydrogen-bond donors (Lipinski definition) is 1. The van der Waals surface area contributed by atoms with Crippen molar-refractivity contribution < 1.29 is 13.2 Å². The molecule has 8 heteroatoms. The van der Waals surface area contributed by atoms with Crippen molar-refractivity contribution >= 4 is 43.2 Å². The Morgan fingerprint density at radius 2 is 2.14 bits per heavy atom. The monoisotopic (exact) mass is 325 g/mol. The van der Waals surface area contributed by atoms with Gasteiger partial charge < -0.3 is 5.32 Å². The average Bonchev–Trinajstić information content (AvgIpc) is 2.64. The largest absolute Gasteiger partial charge is 0.326 e. The molecule has 1 aliphatic rings. The van der Waals surface area contributed by atoms with Crippen LogP contribution in [0.25, 0.3) is 10.2 Å². The predicted octanol–water partition coefficient (Wildman–Crippen LogP) is 1.43. The first-order valence-corrected chi connectivity index (χ1v) is 9.12. The zero-order valence-electron chi connectivity index (χ0n) is 11.7. The molecule has 0 spiro atoms. The average molecular weight is 325 g/mol. The summed E-state index contributed by atoms with van der Waals surface area (Å²) in [4.78, 5) is 16.4. The van der Waals surface area contributed by atoms with E-state index in [0.717, 1.165) is 21.5 Å². The van der Waals surface area contributed by atoms with E-state index in [1.54, 1.807) is 11.3 Å². The van der Waals surface area contributed by atoms with Gasteiger partial charge in [0.05, 0.1) is 27.4 Å². The van der Waals surface area contributed by atoms with Gasteiger partial charge in [0.1, 0.15) is 0 Å². The lowest BCUT2D eigenvalue weighted by molar-refractivity contribution is -0.122. The van der Waals surface area contributed by atoms with Gasteiger partial charge in [-0.05, 0) is 25.1 Å². The van der Waals surface area contributed by atoms with Crippen molar-refractivity contribution in [2.75, 3.05) is 24.7 Å². The summed E-state index contributed by atoms with van der Waals surface area (Å²) in [5.41, 5.74) is 1.55. The lowest BCUT2D eigenvalue weighted by Crippen LogP contribution is -2.53. The van der Waals surface area contributed by atoms with Gasteiger partial charge in [0.2, 0.25) is 15.9 Å². The summed E-state index contributed by atoms with van der Waals surface area (Å²) < 4.78 is 24.9. The summed E-state index contributed by atoms with van der Waals surface area (Å²) in [6, 6.07) is 5.60. The molecule has 2 aromatic rings. The predicted molar refractivity (Wildman–Crippen MR) is 82.9 cm³/mol. The zero-order chi connectivity index (χ0) is 15.2. The molecule has 1 amide bonds. The van der Waals surface area contributed by atoms with E-state index >= 15 is 0 Å². The number of fused-ring (bicyclic) bond motifs is 1. The number of aromatic nitrogens is 1. The standard InChI is InChI=1S/C13H15N3O3S2/c1-8-14-11-5-10(3-4-12(11)20-8)15-13(17)9-6-16(7-9)21(2,18)19/h3-5,9H,6-7H2,1-2H3,(H,15,17). The molecule has 1 aromatic carbocycles. The maximum atomic E-state index is 12.1. The quantitative estimate of drug-likeness (QED) is 0.926. The molecule has 0 radical (unpaired) electrons. The lowest BCUT2D eigenvalue weighted by Gasteiger charge is -2.35. The van der Waals surface area contributed by atoms with Crippen LogP contribution >= 0.6 is 11.3 Å². The van der Waals surface area contributed by atoms with Crippen molar-refractivity contribution in [3.8, 4) is 0 Å². The molecule has 1 N–H and O–H groups in total. The Labute approximate surface area is 126 Å². The maximum absolute atomic E-state index is 12.1. The SMILES string of the molecule is Cc1nc2cc(NC(=O)C3CN(S(C)(=O)=O)C3)ccc2s1. The van der Waals surface area contributed by atoms with Crippen LogP contribution in [0.3, 0.4) is 0 Å². The van der Waals surface area contributed by atoms with Crippen LogP contribution < -0.4 is 5.32 Å². The van der Waals surface area contributed by atoms with Crippen molar-refractivity contribution in [3.05, 3.63) is 23.2 Å². The number of benzene rings is 1. The maximum Gasteiger partial charge on any atom is 0.230 e. The van der Waals surface area contributed by atoms with Gasteiger partial charge in [-0.15, -0.1) is 11.3 Å². The lowest BCUT2D eigenvalue weighted by atomic mass is 10.0. The Kier molecular flexibility index (Phi) is 3.46. The van der Waals surface area contributed by atoms with E-state index in [0.29, 0.717) is 5.69 Å². The highest BCUT2D eigenvalue weighted by Gasteiger charge is 2.37. The topological polar surface area (TPSA) is 79.4 Å². The molecule has 0 saturated carbocycles. The summed E-state index contributed by atoms with van der Waals surface area (Å²) in [5, 5.41) is 3.80. The highest BCUT2D eigenvalue weighted by Crippen LogP contribution is 2.25. The molecular weight excluding hydrogens is 310 g/mol. The number of nitrogens with zero attached hydrogens (tertiary/aromatic N) is 2. The first-order valence-electron chi connectivity index (χ1n) is 6.46. The molecule has 0 bridgehead atoms. The Morgan fingerprint density at radius 1 is 1.43 bits per heavy atom. The fourth-order valence-electron chi connectivity index (χ4n) is 2.24. The molecule has 112 valence electrons. The highest BCUT2D eigenvalue weighted by atomic mass is 32.2. The van der Waals surface area contributed by atoms with Crippen LogP contribution in [0.5, 0.6) is 0 Å². The number of rotatable bonds is 3. The van der Waals surface area contributed by atoms with E-state index in [9.17, 15) is 13.2 Å². The minimum Gasteiger partial charge on any atom is -0.326 e. The molecule has 21 heavy (non-hydrogen) atoms. The number of nitrogens with one attached hydrogen (secondary N) is 1. The third kappa shape index (κ3) is 2.92. The van der Waals surface area contributed by atoms with Crippen molar-refractivity contribution in [3.63, 3.8) is 0 Å². The summed E-state index contributed by atoms with van der Waals surface area (Å²) in [5.74, 6) is -0.436. The summed E-state index contributed by atoms with van der Waals surface area (Å²) in [6.07, 6.45) is 1.15. The third-order valence-corrected chi connectivity index (χ3v) is 5.64. The number of carbonyl (C=O) groups excluding carboxylic acids is 1. The number of anilines is 1. The van der Waals surface area contributed by atoms with Crippen molar-refractivity contribution in [1.82, 2.24) is 9.29 Å². The number of hydrogen-bond acceptors (Lipinski definition) is 5. The third-order valence-electron chi connectivity index (χ3n) is 3.45. The summed E-state index contributed by atoms with van der Waals surface area (Å²) in [7, 11) is -3.19. The van der Waals surface area contributed by atoms with E-state index in [2.05, 4.69) is 10.3 Å². The van der Waals surface area contributed by atoms with Crippen molar-refractivity contribution in [2.24, 2.45) is 5.92 Å². The zero-order valence-corrected chi connectivity index (χ0v) is 13.3. The van der Waals surface area contributed by atoms with Gasteiger partial charge >= 0.3 is 0 Å². The molecule has 0 unspecified atom stereocenters. The second-order valence-corrected chi connectivity index (χ2v) is 8.40. The minimum atomic E-state index is -3.19. The molecule has 0 aliphatic carbocycles. The van der Waals surface area contributed by atoms with Gasteiger partial charge in [-0.3, -0.25) is 4.79 Å². The second-order valence-electron chi connectivity index (χ2n) is 5.18. The molecule has 0 atom stereocenters. The molecule has 1 saturated heterocycles. The van der Waals surface area contributed by atoms with Gasteiger partial charge in [0.15, 0.2) is 0 Å². The van der Waals surface area contributed by atoms with Gasteiger partial charge in [-0.1, -0.05) is 0 Å². The molecule has 1 aromatic heterocycles. The van der Waals surface area contributed by atoms with Gasteiger partial charge in [0, 0.05) is 18.8 Å². The van der Waals surface area contributed by atoms with Crippen LogP contribution in [-0.4, -0.2) is 43.0 Å². The van der Waals surface area contributed by atoms with Crippen molar-refractivity contribution in [2.45, 2.75) is 6.92 Å². The Balaban J connectivity index is 1.67. The Morgan fingerprint density at radius 3 is 2.81 bits per heavy atom. The van der Waals surface area contributed by atoms with E-state index < -0.39 is 10.0 Å². The van der Waals surface area contributed by atoms with Crippen LogP contribution in [0.2, 0.25) is 0 Å². The smallest absolute Gasteiger partial charge is 0.230 e. The normalized spacial score (nSPS) is 16.9. The van der Waals surface area contributed by atoms with E-state index in [4.69, 9.17) is 0 Å². The van der Waals surface area contributed by atoms with Crippen LogP contribution in [0.1, 0.15) is 5.01 Å². The molecule has 1 aliphatic heterocycles. The van der Waals surface area contributed by atoms with E-state index in [-0.39, 0.29) is 24.9 Å². The highest BCUT2D eigenvalue weighted by molar-refractivity contribution is 7.88. The molecule has 3 rings (SSSR count). The van der Waals surface area contributed by atoms with Crippen LogP contribution in [-0.2, 0) is 14.8 Å². The fraction of sp³-hybridized carbons (Fsp3) is 0.385. The van der Waals surface area contributed by atoms with E-state index in [1.165, 1.54) is 4.31 Å². The molecule has 6 nitrogen and oxygen atoms in total. The van der Waals surface area contributed by atoms with Crippen LogP contribution in [0.15, 0.2) is 18.2 Å². The summed E-state index contributed by atoms with van der Waals surface area (Å²) >= 11 is 1.61. The van der Waals surface area contributed by atoms with Gasteiger partial charge in [0.25, 0.3) is 0 Å². The summed E-state index contributed by atoms with van der Waals surface area (Å²) in [6.45, 7) is 2.45. The Bertz CT molecular complexity index is 807. The number of carbonyl (C=O) groups is 1. The number of aryl methyl sites for hydroxylation is 1. The van der Waals surface area contributed by atoms with Gasteiger partial charge in [-0.25, -0.2) is 17.7 Å². The number of thiazole rings is 1. The van der Waals surface area contributed by atoms with E-state index in [1.807, 2.05) is 25.1 Å². The van der Waals surface area contributed by atoms with Crippen LogP contribution in [0.4, 0.5) is 5.69 Å². The second kappa shape index (κ2) is 5.04. The number of amides is 1. The first kappa shape index (κ1) is 14.4. The molecule has 1 fully saturated rings. The molecular formula is C13H15N3O3S2. The Hall–Kier alpha value is -1.51. The number of sulfonamides is 1. The first-order chi connectivity index (χ1) is 9.83. The fourth-order valence-corrected chi connectivity index (χ4v) is 3.95. The molecule has 2 heterocycles. The van der Waals surface area contributed by atoms with Crippen LogP contribution in [0, 0.1) is 12.8 Å². The van der Waals surface area contributed by atoms with Gasteiger partial charge in [-0.2, -0.15) is 0 Å².